The Kier molecular flexibility index (Phi) is 3.89. The van der Waals surface area contributed by atoms with E-state index in [-0.39, 0.29) is 5.41 Å². The standard InChI is InChI=1S/C25H22/c1-3-12-19(4-2)25(20-13-6-5-7-14-20)23-17-10-8-15-21(23)22-16-9-11-18-24(22)25/h3-18H,1-2H3/b12-3-,19-4+. The molecule has 0 saturated carbocycles. The fraction of sp³-hybridized carbons (Fsp3) is 0.120. The quantitative estimate of drug-likeness (QED) is 0.481. The Bertz CT molecular complexity index is 913. The van der Waals surface area contributed by atoms with Crippen LogP contribution in [-0.4, -0.2) is 0 Å². The minimum Gasteiger partial charge on any atom is -0.0873 e. The third-order valence-corrected chi connectivity index (χ3v) is 5.25. The monoisotopic (exact) mass is 322 g/mol. The Morgan fingerprint density at radius 1 is 0.680 bits per heavy atom. The largest absolute Gasteiger partial charge is 0.0873 e. The van der Waals surface area contributed by atoms with Crippen molar-refractivity contribution in [3.8, 4) is 11.1 Å². The van der Waals surface area contributed by atoms with Crippen molar-refractivity contribution in [2.24, 2.45) is 0 Å². The second-order valence-electron chi connectivity index (χ2n) is 6.45. The Hall–Kier alpha value is -2.86. The molecule has 0 saturated heterocycles. The summed E-state index contributed by atoms with van der Waals surface area (Å²) in [7, 11) is 0. The van der Waals surface area contributed by atoms with Gasteiger partial charge in [-0.15, -0.1) is 0 Å². The lowest BCUT2D eigenvalue weighted by Crippen LogP contribution is -2.28. The highest BCUT2D eigenvalue weighted by Gasteiger charge is 2.45. The van der Waals surface area contributed by atoms with E-state index < -0.39 is 0 Å². The molecule has 0 bridgehead atoms. The van der Waals surface area contributed by atoms with Crippen molar-refractivity contribution in [2.75, 3.05) is 0 Å². The van der Waals surface area contributed by atoms with Crippen molar-refractivity contribution >= 4 is 0 Å². The highest BCUT2D eigenvalue weighted by atomic mass is 14.5. The lowest BCUT2D eigenvalue weighted by atomic mass is 9.67. The predicted molar refractivity (Wildman–Crippen MR) is 107 cm³/mol. The number of rotatable bonds is 3. The molecule has 122 valence electrons. The van der Waals surface area contributed by atoms with Crippen LogP contribution in [0.1, 0.15) is 30.5 Å². The first kappa shape index (κ1) is 15.7. The maximum absolute atomic E-state index is 2.29. The minimum atomic E-state index is -0.254. The van der Waals surface area contributed by atoms with Crippen molar-refractivity contribution in [3.05, 3.63) is 119 Å². The van der Waals surface area contributed by atoms with Crippen molar-refractivity contribution < 1.29 is 0 Å². The molecule has 0 nitrogen and oxygen atoms in total. The van der Waals surface area contributed by atoms with Crippen LogP contribution in [0.25, 0.3) is 11.1 Å². The lowest BCUT2D eigenvalue weighted by Gasteiger charge is -2.34. The highest BCUT2D eigenvalue weighted by molar-refractivity contribution is 5.86. The summed E-state index contributed by atoms with van der Waals surface area (Å²) in [6.07, 6.45) is 6.65. The molecule has 0 heteroatoms. The molecular formula is C25H22. The smallest absolute Gasteiger partial charge is 0.0710 e. The highest BCUT2D eigenvalue weighted by Crippen LogP contribution is 2.56. The molecule has 0 fully saturated rings. The summed E-state index contributed by atoms with van der Waals surface area (Å²) in [6, 6.07) is 28.6. The average molecular weight is 322 g/mol. The molecule has 0 unspecified atom stereocenters. The zero-order valence-electron chi connectivity index (χ0n) is 14.7. The first-order chi connectivity index (χ1) is 12.3. The minimum absolute atomic E-state index is 0.254. The molecule has 0 spiro atoms. The van der Waals surface area contributed by atoms with Gasteiger partial charge in [0.2, 0.25) is 0 Å². The van der Waals surface area contributed by atoms with Gasteiger partial charge in [-0.25, -0.2) is 0 Å². The molecule has 0 N–H and O–H groups in total. The van der Waals surface area contributed by atoms with E-state index in [9.17, 15) is 0 Å². The van der Waals surface area contributed by atoms with Crippen LogP contribution in [0.3, 0.4) is 0 Å². The van der Waals surface area contributed by atoms with Crippen molar-refractivity contribution in [2.45, 2.75) is 19.3 Å². The van der Waals surface area contributed by atoms with Gasteiger partial charge in [0.15, 0.2) is 0 Å². The molecule has 0 atom stereocenters. The number of fused-ring (bicyclic) bond motifs is 3. The van der Waals surface area contributed by atoms with E-state index in [0.29, 0.717) is 0 Å². The third-order valence-electron chi connectivity index (χ3n) is 5.25. The zero-order chi connectivity index (χ0) is 17.3. The lowest BCUT2D eigenvalue weighted by molar-refractivity contribution is 0.765. The number of hydrogen-bond acceptors (Lipinski definition) is 0. The van der Waals surface area contributed by atoms with Gasteiger partial charge in [-0.3, -0.25) is 0 Å². The summed E-state index contributed by atoms with van der Waals surface area (Å²) >= 11 is 0. The van der Waals surface area contributed by atoms with Crippen LogP contribution in [0.15, 0.2) is 103 Å². The van der Waals surface area contributed by atoms with E-state index in [2.05, 4.69) is 111 Å². The summed E-state index contributed by atoms with van der Waals surface area (Å²) < 4.78 is 0. The van der Waals surface area contributed by atoms with E-state index in [1.807, 2.05) is 0 Å². The van der Waals surface area contributed by atoms with Crippen LogP contribution in [0.5, 0.6) is 0 Å². The van der Waals surface area contributed by atoms with Crippen molar-refractivity contribution in [3.63, 3.8) is 0 Å². The van der Waals surface area contributed by atoms with Gasteiger partial charge >= 0.3 is 0 Å². The Balaban J connectivity index is 2.19. The number of benzene rings is 3. The van der Waals surface area contributed by atoms with Crippen LogP contribution in [0, 0.1) is 0 Å². The molecule has 1 aliphatic carbocycles. The van der Waals surface area contributed by atoms with Gasteiger partial charge in [0.1, 0.15) is 0 Å². The van der Waals surface area contributed by atoms with Crippen LogP contribution < -0.4 is 0 Å². The van der Waals surface area contributed by atoms with Gasteiger partial charge in [0.05, 0.1) is 5.41 Å². The van der Waals surface area contributed by atoms with E-state index in [4.69, 9.17) is 0 Å². The summed E-state index contributed by atoms with van der Waals surface area (Å²) in [5, 5.41) is 0. The van der Waals surface area contributed by atoms with Crippen LogP contribution in [-0.2, 0) is 5.41 Å². The van der Waals surface area contributed by atoms with Gasteiger partial charge in [0, 0.05) is 0 Å². The summed E-state index contributed by atoms with van der Waals surface area (Å²) in [6.45, 7) is 4.23. The Labute approximate surface area is 150 Å². The third kappa shape index (κ3) is 2.14. The molecule has 0 aromatic heterocycles. The van der Waals surface area contributed by atoms with Crippen LogP contribution in [0.4, 0.5) is 0 Å². The molecule has 0 aliphatic heterocycles. The fourth-order valence-electron chi connectivity index (χ4n) is 4.33. The molecule has 0 heterocycles. The normalized spacial score (nSPS) is 15.2. The Morgan fingerprint density at radius 3 is 1.72 bits per heavy atom. The summed E-state index contributed by atoms with van der Waals surface area (Å²) in [4.78, 5) is 0. The first-order valence-electron chi connectivity index (χ1n) is 8.88. The molecular weight excluding hydrogens is 300 g/mol. The zero-order valence-corrected chi connectivity index (χ0v) is 14.7. The van der Waals surface area contributed by atoms with Crippen molar-refractivity contribution in [1.29, 1.82) is 0 Å². The molecule has 1 aliphatic rings. The van der Waals surface area contributed by atoms with E-state index in [1.54, 1.807) is 0 Å². The second-order valence-corrected chi connectivity index (χ2v) is 6.45. The number of allylic oxidation sites excluding steroid dienone is 4. The molecule has 25 heavy (non-hydrogen) atoms. The van der Waals surface area contributed by atoms with Gasteiger partial charge in [-0.2, -0.15) is 0 Å². The van der Waals surface area contributed by atoms with E-state index in [1.165, 1.54) is 33.4 Å². The predicted octanol–water partition coefficient (Wildman–Crippen LogP) is 6.52. The van der Waals surface area contributed by atoms with Crippen LogP contribution in [0.2, 0.25) is 0 Å². The van der Waals surface area contributed by atoms with Crippen molar-refractivity contribution in [1.82, 2.24) is 0 Å². The molecule has 3 aromatic carbocycles. The van der Waals surface area contributed by atoms with Gasteiger partial charge in [0.25, 0.3) is 0 Å². The van der Waals surface area contributed by atoms with E-state index in [0.717, 1.165) is 0 Å². The van der Waals surface area contributed by atoms with E-state index >= 15 is 0 Å². The molecule has 0 radical (unpaired) electrons. The maximum atomic E-state index is 2.29. The SMILES string of the molecule is C/C=C\C(=C/C)C1(c2ccccc2)c2ccccc2-c2ccccc21. The van der Waals surface area contributed by atoms with Gasteiger partial charge in [-0.1, -0.05) is 97.1 Å². The van der Waals surface area contributed by atoms with Crippen LogP contribution >= 0.6 is 0 Å². The summed E-state index contributed by atoms with van der Waals surface area (Å²) in [5.74, 6) is 0. The second kappa shape index (κ2) is 6.22. The average Bonchev–Trinajstić information content (AvgIpc) is 2.98. The topological polar surface area (TPSA) is 0 Å². The summed E-state index contributed by atoms with van der Waals surface area (Å²) in [5.41, 5.74) is 7.80. The first-order valence-corrected chi connectivity index (χ1v) is 8.88. The fourth-order valence-corrected chi connectivity index (χ4v) is 4.33. The molecule has 4 rings (SSSR count). The maximum Gasteiger partial charge on any atom is 0.0710 e. The Morgan fingerprint density at radius 2 is 1.20 bits per heavy atom. The molecule has 3 aromatic rings. The number of hydrogen-bond donors (Lipinski definition) is 0. The molecule has 0 amide bonds. The van der Waals surface area contributed by atoms with Gasteiger partial charge < -0.3 is 0 Å². The van der Waals surface area contributed by atoms with Gasteiger partial charge in [-0.05, 0) is 47.2 Å².